The van der Waals surface area contributed by atoms with Gasteiger partial charge >= 0.3 is 0 Å². The predicted molar refractivity (Wildman–Crippen MR) is 133 cm³/mol. The fourth-order valence-electron chi connectivity index (χ4n) is 9.23. The molecule has 0 bridgehead atoms. The van der Waals surface area contributed by atoms with Crippen LogP contribution in [0.2, 0.25) is 0 Å². The SMILES string of the molecule is CC(C)=CC1C[C@H](C2CC=C3[C@]4(C)C(=O)CC5[C@](C)(C=CC(=O)[C@]5(C)CO)C4CC[C@]32C)CO1. The minimum Gasteiger partial charge on any atom is -0.395 e. The molecule has 4 unspecified atom stereocenters. The van der Waals surface area contributed by atoms with Gasteiger partial charge in [0.25, 0.3) is 0 Å². The summed E-state index contributed by atoms with van der Waals surface area (Å²) in [6.45, 7) is 13.6. The Morgan fingerprint density at radius 2 is 1.91 bits per heavy atom. The lowest BCUT2D eigenvalue weighted by atomic mass is 9.38. The van der Waals surface area contributed by atoms with Gasteiger partial charge in [0.05, 0.1) is 30.1 Å². The Labute approximate surface area is 204 Å². The number of hydrogen-bond acceptors (Lipinski definition) is 4. The third kappa shape index (κ3) is 3.03. The van der Waals surface area contributed by atoms with Crippen molar-refractivity contribution in [2.75, 3.05) is 13.2 Å². The Kier molecular flexibility index (Phi) is 5.50. The van der Waals surface area contributed by atoms with E-state index in [9.17, 15) is 14.7 Å². The van der Waals surface area contributed by atoms with E-state index >= 15 is 0 Å². The largest absolute Gasteiger partial charge is 0.395 e. The molecule has 34 heavy (non-hydrogen) atoms. The van der Waals surface area contributed by atoms with Crippen LogP contribution < -0.4 is 0 Å². The standard InChI is InChI=1S/C30H42O4/c1-18(2)13-20-14-19(16-34-20)21-7-8-22-27(21,3)11-9-23-28(4)12-10-25(32)29(5,17-31)24(28)15-26(33)30(22,23)6/h8,10,12-13,19-21,23-24,31H,7,9,11,14-17H2,1-6H3/t19-,20?,21?,23?,24?,27-,28+,29+,30-/m0/s1. The first-order valence-corrected chi connectivity index (χ1v) is 13.3. The Bertz CT molecular complexity index is 1000. The van der Waals surface area contributed by atoms with Crippen LogP contribution in [-0.2, 0) is 14.3 Å². The molecule has 4 heteroatoms. The summed E-state index contributed by atoms with van der Waals surface area (Å²) in [5, 5.41) is 10.3. The molecule has 1 N–H and O–H groups in total. The summed E-state index contributed by atoms with van der Waals surface area (Å²) in [4.78, 5) is 26.9. The number of allylic oxidation sites excluding steroid dienone is 5. The lowest BCUT2D eigenvalue weighted by Crippen LogP contribution is -2.63. The molecule has 4 nitrogen and oxygen atoms in total. The van der Waals surface area contributed by atoms with Crippen LogP contribution >= 0.6 is 0 Å². The van der Waals surface area contributed by atoms with Crippen LogP contribution in [0.4, 0.5) is 0 Å². The first kappa shape index (κ1) is 24.2. The zero-order chi connectivity index (χ0) is 24.7. The molecule has 5 aliphatic rings. The van der Waals surface area contributed by atoms with Crippen molar-refractivity contribution in [1.82, 2.24) is 0 Å². The van der Waals surface area contributed by atoms with Gasteiger partial charge < -0.3 is 9.84 Å². The number of carbonyl (C=O) groups excluding carboxylic acids is 2. The number of ketones is 2. The highest BCUT2D eigenvalue weighted by atomic mass is 16.5. The van der Waals surface area contributed by atoms with E-state index in [0.717, 1.165) is 32.3 Å². The molecule has 1 aliphatic heterocycles. The predicted octanol–water partition coefficient (Wildman–Crippen LogP) is 5.46. The molecule has 4 aliphatic carbocycles. The molecule has 9 atom stereocenters. The number of fused-ring (bicyclic) bond motifs is 5. The van der Waals surface area contributed by atoms with E-state index in [2.05, 4.69) is 52.8 Å². The third-order valence-corrected chi connectivity index (χ3v) is 11.1. The van der Waals surface area contributed by atoms with E-state index in [1.54, 1.807) is 6.08 Å². The van der Waals surface area contributed by atoms with Gasteiger partial charge in [0.15, 0.2) is 5.78 Å². The number of aliphatic hydroxyl groups is 1. The van der Waals surface area contributed by atoms with Crippen LogP contribution in [0.15, 0.2) is 35.5 Å². The second kappa shape index (κ2) is 7.74. The van der Waals surface area contributed by atoms with Crippen LogP contribution in [0.25, 0.3) is 0 Å². The Hall–Kier alpha value is -1.52. The molecule has 0 amide bonds. The van der Waals surface area contributed by atoms with Gasteiger partial charge in [-0.05, 0) is 94.0 Å². The fraction of sp³-hybridized carbons (Fsp3) is 0.733. The maximum absolute atomic E-state index is 14.1. The van der Waals surface area contributed by atoms with Crippen LogP contribution in [-0.4, -0.2) is 36.0 Å². The minimum absolute atomic E-state index is 0.0203. The normalized spacial score (nSPS) is 49.9. The highest BCUT2D eigenvalue weighted by Gasteiger charge is 2.68. The smallest absolute Gasteiger partial charge is 0.163 e. The van der Waals surface area contributed by atoms with Crippen molar-refractivity contribution in [3.8, 4) is 0 Å². The van der Waals surface area contributed by atoms with Crippen LogP contribution in [0.1, 0.15) is 73.6 Å². The quantitative estimate of drug-likeness (QED) is 0.561. The lowest BCUT2D eigenvalue weighted by Gasteiger charge is -2.64. The zero-order valence-electron chi connectivity index (χ0n) is 21.8. The summed E-state index contributed by atoms with van der Waals surface area (Å²) in [5.41, 5.74) is 1.01. The van der Waals surface area contributed by atoms with Crippen molar-refractivity contribution < 1.29 is 19.4 Å². The summed E-state index contributed by atoms with van der Waals surface area (Å²) >= 11 is 0. The highest BCUT2D eigenvalue weighted by Crippen LogP contribution is 2.71. The van der Waals surface area contributed by atoms with E-state index < -0.39 is 10.8 Å². The highest BCUT2D eigenvalue weighted by molar-refractivity contribution is 5.98. The number of ether oxygens (including phenoxy) is 1. The van der Waals surface area contributed by atoms with Crippen molar-refractivity contribution >= 4 is 11.6 Å². The van der Waals surface area contributed by atoms with Crippen LogP contribution in [0.5, 0.6) is 0 Å². The summed E-state index contributed by atoms with van der Waals surface area (Å²) in [6, 6.07) is 0. The maximum atomic E-state index is 14.1. The Balaban J connectivity index is 1.49. The van der Waals surface area contributed by atoms with Crippen molar-refractivity contribution in [3.05, 3.63) is 35.5 Å². The van der Waals surface area contributed by atoms with E-state index in [1.807, 2.05) is 6.92 Å². The molecule has 0 spiro atoms. The van der Waals surface area contributed by atoms with E-state index in [1.165, 1.54) is 11.1 Å². The monoisotopic (exact) mass is 466 g/mol. The summed E-state index contributed by atoms with van der Waals surface area (Å²) < 4.78 is 6.17. The van der Waals surface area contributed by atoms with Crippen molar-refractivity contribution in [1.29, 1.82) is 0 Å². The van der Waals surface area contributed by atoms with Gasteiger partial charge in [-0.3, -0.25) is 9.59 Å². The van der Waals surface area contributed by atoms with Gasteiger partial charge in [-0.25, -0.2) is 0 Å². The molecule has 186 valence electrons. The number of aliphatic hydroxyl groups excluding tert-OH is 1. The third-order valence-electron chi connectivity index (χ3n) is 11.1. The van der Waals surface area contributed by atoms with Gasteiger partial charge in [-0.2, -0.15) is 0 Å². The summed E-state index contributed by atoms with van der Waals surface area (Å²) in [5.74, 6) is 1.26. The van der Waals surface area contributed by atoms with Crippen LogP contribution in [0, 0.1) is 45.3 Å². The summed E-state index contributed by atoms with van der Waals surface area (Å²) in [6.07, 6.45) is 13.2. The topological polar surface area (TPSA) is 63.6 Å². The number of Topliss-reactive ketones (excluding diaryl/α,β-unsaturated/α-hetero) is 1. The van der Waals surface area contributed by atoms with E-state index in [-0.39, 0.29) is 46.9 Å². The van der Waals surface area contributed by atoms with Gasteiger partial charge in [0, 0.05) is 6.42 Å². The molecular weight excluding hydrogens is 424 g/mol. The second-order valence-corrected chi connectivity index (χ2v) is 13.1. The number of carbonyl (C=O) groups is 2. The molecule has 1 saturated heterocycles. The van der Waals surface area contributed by atoms with Crippen molar-refractivity contribution in [2.24, 2.45) is 45.3 Å². The minimum atomic E-state index is -0.880. The summed E-state index contributed by atoms with van der Waals surface area (Å²) in [7, 11) is 0. The number of rotatable bonds is 3. The van der Waals surface area contributed by atoms with Gasteiger partial charge in [-0.15, -0.1) is 0 Å². The first-order chi connectivity index (χ1) is 15.9. The number of hydrogen-bond donors (Lipinski definition) is 1. The molecule has 5 rings (SSSR count). The van der Waals surface area contributed by atoms with Crippen molar-refractivity contribution in [2.45, 2.75) is 79.8 Å². The molecule has 0 radical (unpaired) electrons. The molecule has 0 aromatic carbocycles. The molecule has 2 saturated carbocycles. The van der Waals surface area contributed by atoms with Crippen LogP contribution in [0.3, 0.4) is 0 Å². The fourth-order valence-corrected chi connectivity index (χ4v) is 9.23. The molecule has 0 aromatic rings. The molecule has 3 fully saturated rings. The molecule has 1 heterocycles. The lowest BCUT2D eigenvalue weighted by molar-refractivity contribution is -0.161. The van der Waals surface area contributed by atoms with E-state index in [0.29, 0.717) is 18.3 Å². The average Bonchev–Trinajstić information content (AvgIpc) is 3.37. The first-order valence-electron chi connectivity index (χ1n) is 13.3. The van der Waals surface area contributed by atoms with Crippen molar-refractivity contribution in [3.63, 3.8) is 0 Å². The van der Waals surface area contributed by atoms with Gasteiger partial charge in [-0.1, -0.05) is 43.2 Å². The molecular formula is C30H42O4. The zero-order valence-corrected chi connectivity index (χ0v) is 21.8. The maximum Gasteiger partial charge on any atom is 0.163 e. The second-order valence-electron chi connectivity index (χ2n) is 13.1. The Morgan fingerprint density at radius 3 is 2.59 bits per heavy atom. The Morgan fingerprint density at radius 1 is 1.18 bits per heavy atom. The van der Waals surface area contributed by atoms with E-state index in [4.69, 9.17) is 4.74 Å². The van der Waals surface area contributed by atoms with Gasteiger partial charge in [0.1, 0.15) is 5.78 Å². The molecule has 0 aromatic heterocycles. The average molecular weight is 467 g/mol. The van der Waals surface area contributed by atoms with Gasteiger partial charge in [0.2, 0.25) is 0 Å².